The van der Waals surface area contributed by atoms with Crippen LogP contribution < -0.4 is 0 Å². The minimum atomic E-state index is -1.11. The fourth-order valence-electron chi connectivity index (χ4n) is 3.65. The Labute approximate surface area is 141 Å². The van der Waals surface area contributed by atoms with E-state index in [9.17, 15) is 20.4 Å². The fraction of sp³-hybridized carbons (Fsp3) is 0.368. The maximum atomic E-state index is 10.3. The molecule has 0 aliphatic carbocycles. The van der Waals surface area contributed by atoms with E-state index in [1.54, 1.807) is 0 Å². The van der Waals surface area contributed by atoms with Crippen LogP contribution >= 0.6 is 0 Å². The van der Waals surface area contributed by atoms with Gasteiger partial charge in [0, 0.05) is 0 Å². The number of hydrogen-bond acceptors (Lipinski definition) is 5. The largest absolute Gasteiger partial charge is 0.395 e. The van der Waals surface area contributed by atoms with Crippen molar-refractivity contribution < 1.29 is 20.4 Å². The number of benzene rings is 2. The van der Waals surface area contributed by atoms with E-state index in [2.05, 4.69) is 0 Å². The van der Waals surface area contributed by atoms with Gasteiger partial charge >= 0.3 is 0 Å². The Balaban J connectivity index is 2.10. The molecule has 0 radical (unpaired) electrons. The smallest absolute Gasteiger partial charge is 0.0992 e. The van der Waals surface area contributed by atoms with E-state index in [1.807, 2.05) is 65.6 Å². The van der Waals surface area contributed by atoms with Crippen molar-refractivity contribution in [3.05, 3.63) is 71.8 Å². The first-order valence-corrected chi connectivity index (χ1v) is 8.14. The van der Waals surface area contributed by atoms with Crippen LogP contribution in [0.5, 0.6) is 0 Å². The summed E-state index contributed by atoms with van der Waals surface area (Å²) >= 11 is 0. The maximum Gasteiger partial charge on any atom is 0.0992 e. The molecule has 0 spiro atoms. The van der Waals surface area contributed by atoms with Gasteiger partial charge in [-0.3, -0.25) is 4.90 Å². The minimum Gasteiger partial charge on any atom is -0.395 e. The summed E-state index contributed by atoms with van der Waals surface area (Å²) in [6, 6.07) is 17.8. The predicted octanol–water partition coefficient (Wildman–Crippen LogP) is 0.535. The zero-order valence-electron chi connectivity index (χ0n) is 13.3. The van der Waals surface area contributed by atoms with Crippen molar-refractivity contribution in [2.75, 3.05) is 13.2 Å². The Kier molecular flexibility index (Phi) is 5.28. The van der Waals surface area contributed by atoms with Crippen LogP contribution in [0.15, 0.2) is 60.7 Å². The molecule has 4 atom stereocenters. The summed E-state index contributed by atoms with van der Waals surface area (Å²) in [7, 11) is 0. The summed E-state index contributed by atoms with van der Waals surface area (Å²) < 4.78 is 0. The maximum absolute atomic E-state index is 10.3. The molecule has 1 saturated heterocycles. The lowest BCUT2D eigenvalue weighted by Crippen LogP contribution is -2.45. The number of likely N-dealkylation sites (tertiary alicyclic amines) is 1. The fourth-order valence-corrected chi connectivity index (χ4v) is 3.65. The molecule has 0 aromatic heterocycles. The normalized spacial score (nSPS) is 27.7. The molecule has 1 fully saturated rings. The average molecular weight is 329 g/mol. The van der Waals surface area contributed by atoms with Gasteiger partial charge in [-0.05, 0) is 11.1 Å². The summed E-state index contributed by atoms with van der Waals surface area (Å²) in [5, 5.41) is 40.2. The lowest BCUT2D eigenvalue weighted by molar-refractivity contribution is 0.0130. The van der Waals surface area contributed by atoms with Crippen LogP contribution in [0, 0.1) is 0 Å². The van der Waals surface area contributed by atoms with Gasteiger partial charge in [-0.1, -0.05) is 60.7 Å². The zero-order valence-corrected chi connectivity index (χ0v) is 13.3. The van der Waals surface area contributed by atoms with Crippen LogP contribution in [-0.2, 0) is 0 Å². The molecule has 1 heterocycles. The first-order valence-electron chi connectivity index (χ1n) is 8.14. The standard InChI is InChI=1S/C19H23NO4/c21-11-15-18(23)19(24)16(12-22)20(15)17(13-7-3-1-4-8-13)14-9-5-2-6-10-14/h1-10,15-19,21-24H,11-12H2/t15-,16+,18-,19?/m0/s1. The van der Waals surface area contributed by atoms with Crippen LogP contribution in [0.3, 0.4) is 0 Å². The molecule has 5 heteroatoms. The van der Waals surface area contributed by atoms with E-state index in [1.165, 1.54) is 0 Å². The predicted molar refractivity (Wildman–Crippen MR) is 90.3 cm³/mol. The van der Waals surface area contributed by atoms with E-state index in [0.29, 0.717) is 0 Å². The van der Waals surface area contributed by atoms with Gasteiger partial charge in [0.05, 0.1) is 43.5 Å². The monoisotopic (exact) mass is 329 g/mol. The first-order chi connectivity index (χ1) is 11.7. The van der Waals surface area contributed by atoms with Gasteiger partial charge in [0.2, 0.25) is 0 Å². The Morgan fingerprint density at radius 2 is 1.08 bits per heavy atom. The van der Waals surface area contributed by atoms with Crippen LogP contribution in [0.4, 0.5) is 0 Å². The molecule has 0 bridgehead atoms. The third-order valence-corrected chi connectivity index (χ3v) is 4.81. The van der Waals surface area contributed by atoms with Crippen molar-refractivity contribution in [3.8, 4) is 0 Å². The summed E-state index contributed by atoms with van der Waals surface area (Å²) in [6.07, 6.45) is -2.22. The van der Waals surface area contributed by atoms with Gasteiger partial charge in [0.1, 0.15) is 0 Å². The number of hydrogen-bond donors (Lipinski definition) is 4. The van der Waals surface area contributed by atoms with Crippen LogP contribution in [-0.4, -0.2) is 62.8 Å². The van der Waals surface area contributed by atoms with Gasteiger partial charge in [-0.25, -0.2) is 0 Å². The second-order valence-electron chi connectivity index (χ2n) is 6.15. The van der Waals surface area contributed by atoms with Crippen molar-refractivity contribution in [2.45, 2.75) is 30.3 Å². The van der Waals surface area contributed by atoms with Gasteiger partial charge < -0.3 is 20.4 Å². The molecule has 2 aromatic carbocycles. The van der Waals surface area contributed by atoms with E-state index < -0.39 is 24.3 Å². The number of rotatable bonds is 5. The molecule has 5 nitrogen and oxygen atoms in total. The Morgan fingerprint density at radius 3 is 1.42 bits per heavy atom. The lowest BCUT2D eigenvalue weighted by Gasteiger charge is -2.37. The van der Waals surface area contributed by atoms with E-state index in [-0.39, 0.29) is 19.3 Å². The molecular formula is C19H23NO4. The van der Waals surface area contributed by atoms with Crippen molar-refractivity contribution >= 4 is 0 Å². The highest BCUT2D eigenvalue weighted by Gasteiger charge is 2.50. The first kappa shape index (κ1) is 17.1. The van der Waals surface area contributed by atoms with Crippen molar-refractivity contribution in [1.82, 2.24) is 4.90 Å². The number of nitrogens with zero attached hydrogens (tertiary/aromatic N) is 1. The molecule has 0 saturated carbocycles. The average Bonchev–Trinajstić information content (AvgIpc) is 2.87. The third-order valence-electron chi connectivity index (χ3n) is 4.81. The molecule has 128 valence electrons. The second-order valence-corrected chi connectivity index (χ2v) is 6.15. The highest BCUT2D eigenvalue weighted by Crippen LogP contribution is 2.38. The Bertz CT molecular complexity index is 581. The van der Waals surface area contributed by atoms with Crippen LogP contribution in [0.2, 0.25) is 0 Å². The molecule has 4 N–H and O–H groups in total. The summed E-state index contributed by atoms with van der Waals surface area (Å²) in [6.45, 7) is -0.601. The molecule has 3 rings (SSSR count). The lowest BCUT2D eigenvalue weighted by atomic mass is 9.95. The number of aliphatic hydroxyl groups excluding tert-OH is 4. The molecule has 0 amide bonds. The van der Waals surface area contributed by atoms with Crippen LogP contribution in [0.1, 0.15) is 17.2 Å². The molecule has 1 unspecified atom stereocenters. The van der Waals surface area contributed by atoms with Gasteiger partial charge in [-0.15, -0.1) is 0 Å². The topological polar surface area (TPSA) is 84.2 Å². The molecule has 1 aliphatic rings. The second kappa shape index (κ2) is 7.42. The SMILES string of the molecule is OC[C@@H]1C(O)[C@@H](O)[C@H](CO)N1C(c1ccccc1)c1ccccc1. The quantitative estimate of drug-likeness (QED) is 0.643. The number of aliphatic hydroxyl groups is 4. The van der Waals surface area contributed by atoms with Crippen molar-refractivity contribution in [2.24, 2.45) is 0 Å². The summed E-state index contributed by atoms with van der Waals surface area (Å²) in [4.78, 5) is 1.83. The van der Waals surface area contributed by atoms with Crippen molar-refractivity contribution in [3.63, 3.8) is 0 Å². The van der Waals surface area contributed by atoms with Crippen molar-refractivity contribution in [1.29, 1.82) is 0 Å². The summed E-state index contributed by atoms with van der Waals surface area (Å²) in [5.41, 5.74) is 1.95. The molecule has 2 aromatic rings. The van der Waals surface area contributed by atoms with Gasteiger partial charge in [-0.2, -0.15) is 0 Å². The minimum absolute atomic E-state index is 0.284. The summed E-state index contributed by atoms with van der Waals surface area (Å²) in [5.74, 6) is 0. The third kappa shape index (κ3) is 2.97. The van der Waals surface area contributed by atoms with E-state index in [0.717, 1.165) is 11.1 Å². The van der Waals surface area contributed by atoms with E-state index >= 15 is 0 Å². The van der Waals surface area contributed by atoms with Gasteiger partial charge in [0.15, 0.2) is 0 Å². The highest BCUT2D eigenvalue weighted by atomic mass is 16.3. The van der Waals surface area contributed by atoms with E-state index in [4.69, 9.17) is 0 Å². The Morgan fingerprint density at radius 1 is 0.708 bits per heavy atom. The molecule has 24 heavy (non-hydrogen) atoms. The Hall–Kier alpha value is -1.76. The zero-order chi connectivity index (χ0) is 17.1. The molecule has 1 aliphatic heterocycles. The molecular weight excluding hydrogens is 306 g/mol. The highest BCUT2D eigenvalue weighted by molar-refractivity contribution is 5.33. The van der Waals surface area contributed by atoms with Gasteiger partial charge in [0.25, 0.3) is 0 Å². The van der Waals surface area contributed by atoms with Crippen LogP contribution in [0.25, 0.3) is 0 Å².